The molecule has 0 unspecified atom stereocenters. The maximum atomic E-state index is 11.8. The normalized spacial score (nSPS) is 12.1. The van der Waals surface area contributed by atoms with E-state index in [0.29, 0.717) is 0 Å². The van der Waals surface area contributed by atoms with Gasteiger partial charge in [-0.1, -0.05) is 0 Å². The Balaban J connectivity index is 2.74. The second kappa shape index (κ2) is 7.27. The topological polar surface area (TPSA) is 141 Å². The number of sulfone groups is 1. The summed E-state index contributed by atoms with van der Waals surface area (Å²) in [6.45, 7) is -0.133. The van der Waals surface area contributed by atoms with E-state index in [2.05, 4.69) is 5.32 Å². The van der Waals surface area contributed by atoms with Gasteiger partial charge in [0.1, 0.15) is 4.90 Å². The molecular weight excluding hydrogens is 356 g/mol. The minimum atomic E-state index is -4.53. The van der Waals surface area contributed by atoms with Crippen LogP contribution in [0, 0.1) is 0 Å². The molecule has 0 saturated carbocycles. The fourth-order valence-corrected chi connectivity index (χ4v) is 3.67. The summed E-state index contributed by atoms with van der Waals surface area (Å²) < 4.78 is 53.5. The van der Waals surface area contributed by atoms with Gasteiger partial charge in [0.15, 0.2) is 9.84 Å². The fourth-order valence-electron chi connectivity index (χ4n) is 1.54. The summed E-state index contributed by atoms with van der Waals surface area (Å²) in [6, 6.07) is 3.01. The second-order valence-corrected chi connectivity index (χ2v) is 8.35. The number of benzene rings is 1. The molecule has 0 aliphatic rings. The second-order valence-electron chi connectivity index (χ2n) is 4.28. The van der Waals surface area contributed by atoms with Crippen molar-refractivity contribution in [2.75, 3.05) is 23.9 Å². The van der Waals surface area contributed by atoms with E-state index in [1.165, 1.54) is 0 Å². The van der Waals surface area contributed by atoms with Gasteiger partial charge in [-0.25, -0.2) is 8.42 Å². The van der Waals surface area contributed by atoms with Crippen molar-refractivity contribution in [1.29, 1.82) is 0 Å². The summed E-state index contributed by atoms with van der Waals surface area (Å²) in [7, 11) is -7.87. The first kappa shape index (κ1) is 18.7. The largest absolute Gasteiger partial charge is 0.351 e. The van der Waals surface area contributed by atoms with Gasteiger partial charge in [0.05, 0.1) is 17.2 Å². The van der Waals surface area contributed by atoms with Crippen LogP contribution < -0.4 is 11.1 Å². The highest BCUT2D eigenvalue weighted by Gasteiger charge is 2.17. The van der Waals surface area contributed by atoms with E-state index < -0.39 is 36.4 Å². The number of alkyl halides is 1. The Kier molecular flexibility index (Phi) is 6.17. The van der Waals surface area contributed by atoms with E-state index in [1.807, 2.05) is 0 Å². The number of carbonyl (C=O) groups is 1. The number of amides is 1. The van der Waals surface area contributed by atoms with E-state index >= 15 is 0 Å². The third kappa shape index (κ3) is 5.44. The zero-order chi connectivity index (χ0) is 17.0. The number of hydrogen-bond acceptors (Lipinski definition) is 5. The molecule has 123 valence electrons. The highest BCUT2D eigenvalue weighted by Crippen LogP contribution is 2.20. The van der Waals surface area contributed by atoms with Crippen LogP contribution in [0.2, 0.25) is 0 Å². The van der Waals surface area contributed by atoms with Gasteiger partial charge in [0.25, 0.3) is 16.0 Å². The molecule has 1 rings (SSSR count). The maximum Gasteiger partial charge on any atom is 0.296 e. The average molecular weight is 370 g/mol. The summed E-state index contributed by atoms with van der Waals surface area (Å²) in [5, 5.41) is 2.34. The molecule has 1 aromatic rings. The third-order valence-electron chi connectivity index (χ3n) is 2.61. The van der Waals surface area contributed by atoms with Crippen LogP contribution in [0.3, 0.4) is 0 Å². The summed E-state index contributed by atoms with van der Waals surface area (Å²) >= 11 is 5.34. The first-order valence-corrected chi connectivity index (χ1v) is 9.74. The molecule has 1 radical (unpaired) electrons. The van der Waals surface area contributed by atoms with Gasteiger partial charge >= 0.3 is 0 Å². The lowest BCUT2D eigenvalue weighted by molar-refractivity contribution is 0.0956. The fraction of sp³-hybridized carbons (Fsp3) is 0.364. The molecule has 3 N–H and O–H groups in total. The molecule has 1 aromatic carbocycles. The Morgan fingerprint density at radius 1 is 1.23 bits per heavy atom. The Hall–Kier alpha value is -1.36. The zero-order valence-electron chi connectivity index (χ0n) is 11.2. The Morgan fingerprint density at radius 2 is 1.86 bits per heavy atom. The number of rotatable bonds is 7. The van der Waals surface area contributed by atoms with Gasteiger partial charge in [-0.05, 0) is 18.2 Å². The van der Waals surface area contributed by atoms with Crippen LogP contribution in [0.15, 0.2) is 23.1 Å². The summed E-state index contributed by atoms with van der Waals surface area (Å²) in [5.74, 6) is -1.15. The van der Waals surface area contributed by atoms with Crippen molar-refractivity contribution in [3.63, 3.8) is 0 Å². The lowest BCUT2D eigenvalue weighted by Gasteiger charge is -2.07. The molecule has 0 spiro atoms. The smallest absolute Gasteiger partial charge is 0.296 e. The van der Waals surface area contributed by atoms with Gasteiger partial charge in [-0.15, -0.1) is 11.6 Å². The van der Waals surface area contributed by atoms with Crippen molar-refractivity contribution in [1.82, 2.24) is 11.1 Å². The molecular formula is C11H14ClN2O6S2. The molecule has 1 amide bonds. The van der Waals surface area contributed by atoms with Crippen molar-refractivity contribution in [3.8, 4) is 0 Å². The van der Waals surface area contributed by atoms with E-state index in [0.717, 1.165) is 18.2 Å². The molecule has 0 aliphatic carbocycles. The molecule has 0 aromatic heterocycles. The molecule has 22 heavy (non-hydrogen) atoms. The van der Waals surface area contributed by atoms with Crippen LogP contribution in [0.5, 0.6) is 0 Å². The minimum absolute atomic E-state index is 0.0212. The quantitative estimate of drug-likeness (QED) is 0.520. The maximum absolute atomic E-state index is 11.8. The Morgan fingerprint density at radius 3 is 2.36 bits per heavy atom. The van der Waals surface area contributed by atoms with Crippen molar-refractivity contribution >= 4 is 43.2 Å². The lowest BCUT2D eigenvalue weighted by atomic mass is 10.2. The highest BCUT2D eigenvalue weighted by atomic mass is 35.5. The number of hydrogen-bond donors (Lipinski definition) is 2. The number of carbonyl (C=O) groups excluding carboxylic acids is 1. The number of halogens is 1. The number of nitrogens with one attached hydrogen (secondary N) is 2. The standard InChI is InChI=1S/C11H14ClN2O6S2/c12-3-5-21(16,17)6-4-14-11(15)8-1-2-10(9(13)7-8)22(18,19)20/h1-2,7,13H,3-6H2,(H,14,15)(H,18,19,20). The molecule has 0 saturated heterocycles. The first-order valence-electron chi connectivity index (χ1n) is 5.94. The van der Waals surface area contributed by atoms with Crippen LogP contribution in [-0.2, 0) is 20.0 Å². The van der Waals surface area contributed by atoms with Crippen LogP contribution in [0.25, 0.3) is 0 Å². The van der Waals surface area contributed by atoms with E-state index in [9.17, 15) is 21.6 Å². The van der Waals surface area contributed by atoms with E-state index in [1.54, 1.807) is 0 Å². The van der Waals surface area contributed by atoms with Gasteiger partial charge in [0, 0.05) is 18.0 Å². The van der Waals surface area contributed by atoms with Crippen molar-refractivity contribution in [2.24, 2.45) is 0 Å². The lowest BCUT2D eigenvalue weighted by Crippen LogP contribution is -2.30. The van der Waals surface area contributed by atoms with Crippen LogP contribution in [0.1, 0.15) is 10.4 Å². The third-order valence-corrected chi connectivity index (χ3v) is 5.58. The Bertz CT molecular complexity index is 761. The van der Waals surface area contributed by atoms with E-state index in [4.69, 9.17) is 21.9 Å². The van der Waals surface area contributed by atoms with Gasteiger partial charge < -0.3 is 5.32 Å². The van der Waals surface area contributed by atoms with Crippen LogP contribution in [0.4, 0.5) is 5.69 Å². The highest BCUT2D eigenvalue weighted by molar-refractivity contribution is 7.91. The van der Waals surface area contributed by atoms with Gasteiger partial charge in [0.2, 0.25) is 0 Å². The SMILES string of the molecule is [NH]c1cc(C(=O)NCCS(=O)(=O)CCCl)ccc1S(=O)(=O)O. The molecule has 0 atom stereocenters. The van der Waals surface area contributed by atoms with Crippen molar-refractivity contribution in [3.05, 3.63) is 23.8 Å². The van der Waals surface area contributed by atoms with Gasteiger partial charge in [-0.3, -0.25) is 15.1 Å². The summed E-state index contributed by atoms with van der Waals surface area (Å²) in [4.78, 5) is 11.2. The molecule has 0 heterocycles. The van der Waals surface area contributed by atoms with Crippen molar-refractivity contribution in [2.45, 2.75) is 4.90 Å². The van der Waals surface area contributed by atoms with Gasteiger partial charge in [-0.2, -0.15) is 8.42 Å². The molecule has 0 bridgehead atoms. The minimum Gasteiger partial charge on any atom is -0.351 e. The van der Waals surface area contributed by atoms with Crippen LogP contribution in [-0.4, -0.2) is 51.2 Å². The molecule has 11 heteroatoms. The summed E-state index contributed by atoms with van der Waals surface area (Å²) in [6.07, 6.45) is 0. The van der Waals surface area contributed by atoms with Crippen molar-refractivity contribution < 1.29 is 26.2 Å². The average Bonchev–Trinajstić information content (AvgIpc) is 2.36. The monoisotopic (exact) mass is 369 g/mol. The predicted molar refractivity (Wildman–Crippen MR) is 80.7 cm³/mol. The zero-order valence-corrected chi connectivity index (χ0v) is 13.6. The molecule has 0 fully saturated rings. The summed E-state index contributed by atoms with van der Waals surface area (Å²) in [5.41, 5.74) is 6.90. The molecule has 0 aliphatic heterocycles. The Labute approximate surface area is 133 Å². The molecule has 8 nitrogen and oxygen atoms in total. The predicted octanol–water partition coefficient (Wildman–Crippen LogP) is 0.231. The first-order chi connectivity index (χ1) is 10.1. The van der Waals surface area contributed by atoms with E-state index in [-0.39, 0.29) is 29.5 Å². The van der Waals surface area contributed by atoms with Crippen LogP contribution >= 0.6 is 11.6 Å².